The van der Waals surface area contributed by atoms with Gasteiger partial charge in [0.15, 0.2) is 0 Å². The molecule has 1 aliphatic heterocycles. The third-order valence-corrected chi connectivity index (χ3v) is 5.31. The van der Waals surface area contributed by atoms with E-state index in [1.807, 2.05) is 13.0 Å². The standard InChI is InChI=1S/C21H24ClN3O3/c1-15-18(7-3-9-24-15)20(27)25-10-4-8-21(13-25,12-19(23)26)14-28-17-6-2-5-16(22)11-17/h2-3,5-7,9,11H,4,8,10,12-14H2,1H3,(H2,23,26)/t21-/m0/s1. The Balaban J connectivity index is 1.79. The summed E-state index contributed by atoms with van der Waals surface area (Å²) in [6.07, 6.45) is 3.35. The fraction of sp³-hybridized carbons (Fsp3) is 0.381. The summed E-state index contributed by atoms with van der Waals surface area (Å²) in [5, 5.41) is 0.578. The molecule has 2 heterocycles. The first-order chi connectivity index (χ1) is 13.4. The largest absolute Gasteiger partial charge is 0.493 e. The molecule has 0 bridgehead atoms. The molecule has 2 aromatic rings. The molecule has 0 saturated carbocycles. The Morgan fingerprint density at radius 1 is 1.32 bits per heavy atom. The number of ether oxygens (including phenoxy) is 1. The molecule has 28 heavy (non-hydrogen) atoms. The second-order valence-corrected chi connectivity index (χ2v) is 7.79. The number of carbonyl (C=O) groups excluding carboxylic acids is 2. The molecule has 1 saturated heterocycles. The quantitative estimate of drug-likeness (QED) is 0.805. The van der Waals surface area contributed by atoms with Gasteiger partial charge >= 0.3 is 0 Å². The molecule has 1 atom stereocenters. The molecule has 2 N–H and O–H groups in total. The highest BCUT2D eigenvalue weighted by Gasteiger charge is 2.40. The van der Waals surface area contributed by atoms with Crippen LogP contribution in [0.1, 0.15) is 35.3 Å². The van der Waals surface area contributed by atoms with Gasteiger partial charge < -0.3 is 15.4 Å². The van der Waals surface area contributed by atoms with Gasteiger partial charge in [-0.25, -0.2) is 0 Å². The Hall–Kier alpha value is -2.60. The van der Waals surface area contributed by atoms with Gasteiger partial charge in [-0.2, -0.15) is 0 Å². The molecule has 0 aliphatic carbocycles. The minimum Gasteiger partial charge on any atom is -0.493 e. The van der Waals surface area contributed by atoms with Crippen molar-refractivity contribution in [2.75, 3.05) is 19.7 Å². The molecule has 1 aromatic heterocycles. The van der Waals surface area contributed by atoms with Crippen LogP contribution in [0.15, 0.2) is 42.6 Å². The number of pyridine rings is 1. The zero-order valence-electron chi connectivity index (χ0n) is 15.9. The third-order valence-electron chi connectivity index (χ3n) is 5.08. The average Bonchev–Trinajstić information content (AvgIpc) is 2.66. The van der Waals surface area contributed by atoms with Crippen LogP contribution in [0.5, 0.6) is 5.75 Å². The molecular weight excluding hydrogens is 378 g/mol. The minimum atomic E-state index is -0.530. The maximum atomic E-state index is 13.0. The van der Waals surface area contributed by atoms with Crippen LogP contribution in [0.3, 0.4) is 0 Å². The van der Waals surface area contributed by atoms with E-state index >= 15 is 0 Å². The summed E-state index contributed by atoms with van der Waals surface area (Å²) in [4.78, 5) is 30.8. The van der Waals surface area contributed by atoms with Crippen molar-refractivity contribution in [1.82, 2.24) is 9.88 Å². The topological polar surface area (TPSA) is 85.5 Å². The first-order valence-electron chi connectivity index (χ1n) is 9.26. The van der Waals surface area contributed by atoms with Crippen LogP contribution in [0.2, 0.25) is 5.02 Å². The summed E-state index contributed by atoms with van der Waals surface area (Å²) in [5.74, 6) is 0.145. The third kappa shape index (κ3) is 4.81. The zero-order valence-corrected chi connectivity index (χ0v) is 16.6. The first kappa shape index (κ1) is 20.1. The van der Waals surface area contributed by atoms with Crippen molar-refractivity contribution < 1.29 is 14.3 Å². The lowest BCUT2D eigenvalue weighted by molar-refractivity contribution is -0.122. The molecule has 1 aliphatic rings. The molecule has 0 radical (unpaired) electrons. The number of primary amides is 1. The summed E-state index contributed by atoms with van der Waals surface area (Å²) < 4.78 is 5.95. The van der Waals surface area contributed by atoms with Gasteiger partial charge in [0.2, 0.25) is 5.91 Å². The number of hydrogen-bond acceptors (Lipinski definition) is 4. The molecule has 0 spiro atoms. The first-order valence-corrected chi connectivity index (χ1v) is 9.64. The molecule has 1 fully saturated rings. The number of likely N-dealkylation sites (tertiary alicyclic amines) is 1. The fourth-order valence-electron chi connectivity index (χ4n) is 3.74. The summed E-state index contributed by atoms with van der Waals surface area (Å²) in [5.41, 5.74) is 6.27. The number of carbonyl (C=O) groups is 2. The number of nitrogens with two attached hydrogens (primary N) is 1. The number of halogens is 1. The van der Waals surface area contributed by atoms with Crippen molar-refractivity contribution >= 4 is 23.4 Å². The minimum absolute atomic E-state index is 0.0816. The normalized spacial score (nSPS) is 19.3. The molecule has 6 nitrogen and oxygen atoms in total. The molecule has 148 valence electrons. The van der Waals surface area contributed by atoms with Crippen LogP contribution in [0.25, 0.3) is 0 Å². The van der Waals surface area contributed by atoms with Crippen LogP contribution in [-0.4, -0.2) is 41.4 Å². The van der Waals surface area contributed by atoms with E-state index in [0.717, 1.165) is 12.8 Å². The van der Waals surface area contributed by atoms with Gasteiger partial charge in [0.1, 0.15) is 5.75 Å². The number of nitrogens with zero attached hydrogens (tertiary/aromatic N) is 2. The fourth-order valence-corrected chi connectivity index (χ4v) is 3.92. The van der Waals surface area contributed by atoms with Crippen molar-refractivity contribution in [3.63, 3.8) is 0 Å². The van der Waals surface area contributed by atoms with Crippen LogP contribution >= 0.6 is 11.6 Å². The highest BCUT2D eigenvalue weighted by Crippen LogP contribution is 2.35. The van der Waals surface area contributed by atoms with E-state index in [0.29, 0.717) is 35.1 Å². The van der Waals surface area contributed by atoms with Crippen LogP contribution < -0.4 is 10.5 Å². The van der Waals surface area contributed by atoms with E-state index in [9.17, 15) is 9.59 Å². The average molecular weight is 402 g/mol. The molecule has 2 amide bonds. The smallest absolute Gasteiger partial charge is 0.255 e. The van der Waals surface area contributed by atoms with E-state index < -0.39 is 11.3 Å². The lowest BCUT2D eigenvalue weighted by Gasteiger charge is -2.42. The van der Waals surface area contributed by atoms with Crippen molar-refractivity contribution in [3.8, 4) is 5.75 Å². The van der Waals surface area contributed by atoms with Gasteiger partial charge in [-0.3, -0.25) is 14.6 Å². The molecule has 3 rings (SSSR count). The lowest BCUT2D eigenvalue weighted by Crippen LogP contribution is -2.50. The van der Waals surface area contributed by atoms with Gasteiger partial charge in [0, 0.05) is 41.8 Å². The molecule has 7 heteroatoms. The van der Waals surface area contributed by atoms with Crippen LogP contribution in [0.4, 0.5) is 0 Å². The van der Waals surface area contributed by atoms with E-state index in [1.54, 1.807) is 41.4 Å². The van der Waals surface area contributed by atoms with Crippen molar-refractivity contribution in [1.29, 1.82) is 0 Å². The highest BCUT2D eigenvalue weighted by atomic mass is 35.5. The number of amides is 2. The number of hydrogen-bond donors (Lipinski definition) is 1. The maximum Gasteiger partial charge on any atom is 0.255 e. The lowest BCUT2D eigenvalue weighted by atomic mass is 9.77. The van der Waals surface area contributed by atoms with Crippen LogP contribution in [-0.2, 0) is 4.79 Å². The Labute approximate surface area is 169 Å². The Kier molecular flexibility index (Phi) is 6.19. The van der Waals surface area contributed by atoms with Gasteiger partial charge in [-0.15, -0.1) is 0 Å². The Bertz CT molecular complexity index is 873. The second kappa shape index (κ2) is 8.61. The van der Waals surface area contributed by atoms with Gasteiger partial charge in [0.05, 0.1) is 12.2 Å². The monoisotopic (exact) mass is 401 g/mol. The number of piperidine rings is 1. The summed E-state index contributed by atoms with van der Waals surface area (Å²) in [6.45, 7) is 3.14. The van der Waals surface area contributed by atoms with E-state index in [4.69, 9.17) is 22.1 Å². The van der Waals surface area contributed by atoms with E-state index in [-0.39, 0.29) is 18.9 Å². The summed E-state index contributed by atoms with van der Waals surface area (Å²) in [7, 11) is 0. The summed E-state index contributed by atoms with van der Waals surface area (Å²) >= 11 is 6.02. The second-order valence-electron chi connectivity index (χ2n) is 7.36. The zero-order chi connectivity index (χ0) is 20.1. The van der Waals surface area contributed by atoms with Crippen molar-refractivity contribution in [2.45, 2.75) is 26.2 Å². The van der Waals surface area contributed by atoms with Gasteiger partial charge in [-0.05, 0) is 50.1 Å². The van der Waals surface area contributed by atoms with Crippen molar-refractivity contribution in [2.24, 2.45) is 11.1 Å². The number of aromatic nitrogens is 1. The number of benzene rings is 1. The van der Waals surface area contributed by atoms with Crippen LogP contribution in [0, 0.1) is 12.3 Å². The molecular formula is C21H24ClN3O3. The highest BCUT2D eigenvalue weighted by molar-refractivity contribution is 6.30. The van der Waals surface area contributed by atoms with Gasteiger partial charge in [-0.1, -0.05) is 17.7 Å². The number of aryl methyl sites for hydroxylation is 1. The Morgan fingerprint density at radius 2 is 2.14 bits per heavy atom. The van der Waals surface area contributed by atoms with E-state index in [2.05, 4.69) is 4.98 Å². The molecule has 1 aromatic carbocycles. The summed E-state index contributed by atoms with van der Waals surface area (Å²) in [6, 6.07) is 10.6. The SMILES string of the molecule is Cc1ncccc1C(=O)N1CCC[C@](COc2cccc(Cl)c2)(CC(N)=O)C1. The number of rotatable bonds is 6. The van der Waals surface area contributed by atoms with Gasteiger partial charge in [0.25, 0.3) is 5.91 Å². The predicted molar refractivity (Wildman–Crippen MR) is 107 cm³/mol. The van der Waals surface area contributed by atoms with Crippen molar-refractivity contribution in [3.05, 3.63) is 58.9 Å². The maximum absolute atomic E-state index is 13.0. The molecule has 0 unspecified atom stereocenters. The Morgan fingerprint density at radius 3 is 2.86 bits per heavy atom. The predicted octanol–water partition coefficient (Wildman–Crippen LogP) is 3.22. The van der Waals surface area contributed by atoms with E-state index in [1.165, 1.54) is 0 Å².